The van der Waals surface area contributed by atoms with Crippen LogP contribution in [0.4, 0.5) is 0 Å². The van der Waals surface area contributed by atoms with Crippen LogP contribution in [-0.4, -0.2) is 19.5 Å². The van der Waals surface area contributed by atoms with Gasteiger partial charge in [0, 0.05) is 38.4 Å². The zero-order valence-electron chi connectivity index (χ0n) is 47.7. The predicted octanol–water partition coefficient (Wildman–Crippen LogP) is 13.2. The van der Waals surface area contributed by atoms with Gasteiger partial charge < -0.3 is 8.98 Å². The van der Waals surface area contributed by atoms with Crippen LogP contribution < -0.4 is 0 Å². The molecule has 0 atom stereocenters. The third kappa shape index (κ3) is 5.37. The van der Waals surface area contributed by atoms with Gasteiger partial charge >= 0.3 is 0 Å². The fourth-order valence-electron chi connectivity index (χ4n) is 6.74. The summed E-state index contributed by atoms with van der Waals surface area (Å²) in [7, 11) is 0. The topological polar surface area (TPSA) is 56.7 Å². The van der Waals surface area contributed by atoms with Crippen molar-refractivity contribution >= 4 is 43.7 Å². The van der Waals surface area contributed by atoms with Crippen molar-refractivity contribution in [3.8, 4) is 62.1 Å². The zero-order chi connectivity index (χ0) is 53.5. The average molecular weight is 736 g/mol. The first-order valence-electron chi connectivity index (χ1n) is 26.7. The Morgan fingerprint density at radius 2 is 1.05 bits per heavy atom. The maximum Gasteiger partial charge on any atom is 0.167 e. The summed E-state index contributed by atoms with van der Waals surface area (Å²) in [6, 6.07) is 10.8. The highest BCUT2D eigenvalue weighted by Crippen LogP contribution is 2.38. The van der Waals surface area contributed by atoms with E-state index >= 15 is 0 Å². The smallest absolute Gasteiger partial charge is 0.167 e. The van der Waals surface area contributed by atoms with E-state index in [1.54, 1.807) is 24.3 Å². The molecule has 3 aromatic heterocycles. The molecule has 0 aliphatic heterocycles. The summed E-state index contributed by atoms with van der Waals surface area (Å²) in [6.07, 6.45) is 0. The molecule has 0 aliphatic rings. The fraction of sp³-hybridized carbons (Fsp3) is 0. The second-order valence-corrected chi connectivity index (χ2v) is 12.6. The Bertz CT molecular complexity index is 4320. The van der Waals surface area contributed by atoms with Gasteiger partial charge in [-0.05, 0) is 76.7 Å². The lowest BCUT2D eigenvalue weighted by Gasteiger charge is -2.11. The van der Waals surface area contributed by atoms with Crippen LogP contribution in [0.2, 0.25) is 0 Å². The van der Waals surface area contributed by atoms with Crippen molar-refractivity contribution in [2.24, 2.45) is 0 Å². The molecule has 11 rings (SSSR count). The molecule has 5 heteroatoms. The summed E-state index contributed by atoms with van der Waals surface area (Å²) in [4.78, 5) is 14.1. The van der Waals surface area contributed by atoms with Gasteiger partial charge in [0.15, 0.2) is 17.5 Å². The van der Waals surface area contributed by atoms with Crippen molar-refractivity contribution in [3.63, 3.8) is 0 Å². The first-order valence-corrected chi connectivity index (χ1v) is 17.2. The second kappa shape index (κ2) is 13.0. The van der Waals surface area contributed by atoms with E-state index < -0.39 is 160 Å². The molecule has 0 saturated carbocycles. The lowest BCUT2D eigenvalue weighted by molar-refractivity contribution is 0.669. The van der Waals surface area contributed by atoms with Crippen LogP contribution in [0.25, 0.3) is 106 Å². The molecule has 0 saturated heterocycles. The van der Waals surface area contributed by atoms with E-state index in [1.807, 2.05) is 54.6 Å². The molecule has 0 N–H and O–H groups in total. The molecule has 56 heavy (non-hydrogen) atoms. The summed E-state index contributed by atoms with van der Waals surface area (Å²) in [5.41, 5.74) is 0.688. The highest BCUT2D eigenvalue weighted by atomic mass is 16.3. The summed E-state index contributed by atoms with van der Waals surface area (Å²) in [5, 5.41) is -1.30. The SMILES string of the molecule is [2H]c1c([2H])c([2H])c(-n2c3c([2H])c([2H])c([2H])c([2H])c3c3c([2H])c(-c4nc(-c5ccc(-c6cccc(-c7ccccc7)c6)cc5)nc(-c5c([2H])c([2H])c([2H])c6c5oc5c([2H])c([2H])c([2H])c([2H])c56)n4)c([2H])c([2H])c32)c([2H])c1[2H]. The first kappa shape index (κ1) is 18.1. The molecular weight excluding hydrogens is 685 g/mol. The molecule has 3 heterocycles. The number of benzene rings is 8. The summed E-state index contributed by atoms with van der Waals surface area (Å²) < 4.78 is 176. The zero-order valence-corrected chi connectivity index (χ0v) is 28.7. The van der Waals surface area contributed by atoms with Crippen molar-refractivity contribution in [1.82, 2.24) is 19.5 Å². The van der Waals surface area contributed by atoms with E-state index in [1.165, 1.54) is 0 Å². The summed E-state index contributed by atoms with van der Waals surface area (Å²) in [6.45, 7) is 0. The summed E-state index contributed by atoms with van der Waals surface area (Å²) in [5.74, 6) is -1.14. The number of hydrogen-bond acceptors (Lipinski definition) is 4. The van der Waals surface area contributed by atoms with Crippen LogP contribution in [0.5, 0.6) is 0 Å². The molecule has 8 aromatic carbocycles. The van der Waals surface area contributed by atoms with Gasteiger partial charge in [0.2, 0.25) is 0 Å². The van der Waals surface area contributed by atoms with Crippen LogP contribution in [-0.2, 0) is 0 Å². The molecule has 0 aliphatic carbocycles. The molecule has 5 nitrogen and oxygen atoms in total. The lowest BCUT2D eigenvalue weighted by atomic mass is 9.98. The standard InChI is InChI=1S/C51H32N4O/c1-3-13-33(14-4-1)36-15-11-16-37(31-36)34-25-27-35(28-26-34)49-52-50(54-51(53-49)43-22-12-21-42-41-20-8-10-24-47(41)56-48(42)43)38-29-30-46-44(32-38)40-19-7-9-23-45(40)55(46)39-17-5-2-6-18-39/h1-32H/i2D,5D,6D,7D,8D,9D,10D,12D,17D,18D,19D,20D,21D,22D,23D,24D,29D,30D,32D. The second-order valence-electron chi connectivity index (χ2n) is 12.6. The number of rotatable bonds is 6. The Labute approximate surface area is 349 Å². The first-order chi connectivity index (χ1) is 35.7. The number of nitrogens with zero attached hydrogens (tertiary/aromatic N) is 4. The Morgan fingerprint density at radius 1 is 0.429 bits per heavy atom. The van der Waals surface area contributed by atoms with Gasteiger partial charge in [-0.15, -0.1) is 0 Å². The van der Waals surface area contributed by atoms with Crippen LogP contribution in [0.3, 0.4) is 0 Å². The van der Waals surface area contributed by atoms with Crippen molar-refractivity contribution in [1.29, 1.82) is 0 Å². The Balaban J connectivity index is 1.24. The number of furan rings is 1. The quantitative estimate of drug-likeness (QED) is 0.171. The lowest BCUT2D eigenvalue weighted by Crippen LogP contribution is -2.00. The third-order valence-corrected chi connectivity index (χ3v) is 9.33. The number of hydrogen-bond donors (Lipinski definition) is 0. The highest BCUT2D eigenvalue weighted by Gasteiger charge is 2.19. The molecule has 11 aromatic rings. The molecule has 0 spiro atoms. The normalized spacial score (nSPS) is 16.3. The van der Waals surface area contributed by atoms with Gasteiger partial charge in [-0.2, -0.15) is 0 Å². The maximum atomic E-state index is 9.88. The van der Waals surface area contributed by atoms with E-state index in [4.69, 9.17) is 34.9 Å². The van der Waals surface area contributed by atoms with Gasteiger partial charge in [-0.25, -0.2) is 15.0 Å². The minimum Gasteiger partial charge on any atom is -0.455 e. The molecule has 0 amide bonds. The van der Waals surface area contributed by atoms with Crippen LogP contribution >= 0.6 is 0 Å². The Morgan fingerprint density at radius 3 is 1.88 bits per heavy atom. The molecule has 0 bridgehead atoms. The van der Waals surface area contributed by atoms with Gasteiger partial charge in [-0.3, -0.25) is 0 Å². The van der Waals surface area contributed by atoms with E-state index in [9.17, 15) is 5.48 Å². The van der Waals surface area contributed by atoms with Crippen LogP contribution in [0.1, 0.15) is 26.0 Å². The maximum absolute atomic E-state index is 9.88. The average Bonchev–Trinajstić information content (AvgIpc) is 4.00. The highest BCUT2D eigenvalue weighted by molar-refractivity contribution is 6.11. The molecule has 0 radical (unpaired) electrons. The van der Waals surface area contributed by atoms with Crippen molar-refractivity contribution in [2.75, 3.05) is 0 Å². The van der Waals surface area contributed by atoms with E-state index in [0.29, 0.717) is 5.56 Å². The van der Waals surface area contributed by atoms with E-state index in [0.717, 1.165) is 26.8 Å². The molecule has 0 unspecified atom stereocenters. The van der Waals surface area contributed by atoms with E-state index in [2.05, 4.69) is 4.98 Å². The Hall–Kier alpha value is -7.63. The van der Waals surface area contributed by atoms with Crippen LogP contribution in [0.15, 0.2) is 198 Å². The van der Waals surface area contributed by atoms with Gasteiger partial charge in [-0.1, -0.05) is 139 Å². The van der Waals surface area contributed by atoms with Gasteiger partial charge in [0.1, 0.15) is 11.2 Å². The molecule has 0 fully saturated rings. The van der Waals surface area contributed by atoms with Gasteiger partial charge in [0.05, 0.1) is 42.6 Å². The van der Waals surface area contributed by atoms with Crippen molar-refractivity contribution in [2.45, 2.75) is 0 Å². The third-order valence-electron chi connectivity index (χ3n) is 9.33. The predicted molar refractivity (Wildman–Crippen MR) is 229 cm³/mol. The van der Waals surface area contributed by atoms with Crippen molar-refractivity contribution < 1.29 is 30.5 Å². The monoisotopic (exact) mass is 735 g/mol. The van der Waals surface area contributed by atoms with Gasteiger partial charge in [0.25, 0.3) is 0 Å². The number of fused-ring (bicyclic) bond motifs is 6. The minimum atomic E-state index is -0.807. The van der Waals surface area contributed by atoms with Crippen molar-refractivity contribution in [3.05, 3.63) is 194 Å². The number of aromatic nitrogens is 4. The molecular formula is C51H32N4O. The Kier molecular flexibility index (Phi) is 4.22. The van der Waals surface area contributed by atoms with E-state index in [-0.39, 0.29) is 33.3 Å². The largest absolute Gasteiger partial charge is 0.455 e. The minimum absolute atomic E-state index is 0.164. The fourth-order valence-corrected chi connectivity index (χ4v) is 6.74. The number of para-hydroxylation sites is 4. The molecule has 262 valence electrons. The summed E-state index contributed by atoms with van der Waals surface area (Å²) >= 11 is 0. The van der Waals surface area contributed by atoms with Crippen LogP contribution in [0, 0.1) is 0 Å².